The fourth-order valence-corrected chi connectivity index (χ4v) is 3.28. The van der Waals surface area contributed by atoms with Crippen LogP contribution in [0.4, 0.5) is 11.4 Å². The Labute approximate surface area is 167 Å². The Morgan fingerprint density at radius 1 is 1.17 bits per heavy atom. The molecule has 0 spiro atoms. The summed E-state index contributed by atoms with van der Waals surface area (Å²) in [5.41, 5.74) is 2.04. The SMILES string of the molecule is Cc1nnc(C(CC(=O)Nc2cccc3c2OCC(=O)N3C)c2ccccc2)o1. The number of hydrogen-bond acceptors (Lipinski definition) is 6. The number of anilines is 2. The van der Waals surface area contributed by atoms with Crippen LogP contribution >= 0.6 is 0 Å². The summed E-state index contributed by atoms with van der Waals surface area (Å²) in [4.78, 5) is 26.2. The summed E-state index contributed by atoms with van der Waals surface area (Å²) in [6.45, 7) is 1.65. The number of carbonyl (C=O) groups excluding carboxylic acids is 2. The zero-order valence-electron chi connectivity index (χ0n) is 16.1. The monoisotopic (exact) mass is 392 g/mol. The first-order valence-corrected chi connectivity index (χ1v) is 9.20. The van der Waals surface area contributed by atoms with E-state index in [1.54, 1.807) is 32.2 Å². The van der Waals surface area contributed by atoms with Crippen LogP contribution in [0, 0.1) is 6.92 Å². The molecule has 1 aliphatic rings. The summed E-state index contributed by atoms with van der Waals surface area (Å²) in [5.74, 6) is 0.568. The van der Waals surface area contributed by atoms with Crippen molar-refractivity contribution in [2.45, 2.75) is 19.3 Å². The van der Waals surface area contributed by atoms with E-state index < -0.39 is 0 Å². The van der Waals surface area contributed by atoms with Crippen molar-refractivity contribution in [3.05, 3.63) is 65.9 Å². The van der Waals surface area contributed by atoms with Gasteiger partial charge in [-0.2, -0.15) is 0 Å². The number of aromatic nitrogens is 2. The molecule has 0 aliphatic carbocycles. The maximum atomic E-state index is 12.9. The number of likely N-dealkylation sites (N-methyl/N-ethyl adjacent to an activating group) is 1. The molecule has 0 radical (unpaired) electrons. The van der Waals surface area contributed by atoms with Crippen LogP contribution in [0.1, 0.15) is 29.7 Å². The summed E-state index contributed by atoms with van der Waals surface area (Å²) in [5, 5.41) is 10.9. The lowest BCUT2D eigenvalue weighted by Crippen LogP contribution is -2.35. The van der Waals surface area contributed by atoms with Crippen LogP contribution in [0.5, 0.6) is 5.75 Å². The second kappa shape index (κ2) is 7.75. The van der Waals surface area contributed by atoms with E-state index in [0.717, 1.165) is 5.56 Å². The van der Waals surface area contributed by atoms with Crippen molar-refractivity contribution in [3.63, 3.8) is 0 Å². The first-order valence-electron chi connectivity index (χ1n) is 9.20. The third kappa shape index (κ3) is 3.82. The molecule has 2 aromatic carbocycles. The summed E-state index contributed by atoms with van der Waals surface area (Å²) in [6, 6.07) is 14.8. The normalized spacial score (nSPS) is 14.1. The fraction of sp³-hybridized carbons (Fsp3) is 0.238. The van der Waals surface area contributed by atoms with Gasteiger partial charge in [-0.15, -0.1) is 10.2 Å². The molecule has 1 N–H and O–H groups in total. The van der Waals surface area contributed by atoms with Crippen molar-refractivity contribution < 1.29 is 18.7 Å². The molecule has 1 aromatic heterocycles. The number of benzene rings is 2. The lowest BCUT2D eigenvalue weighted by molar-refractivity contribution is -0.121. The van der Waals surface area contributed by atoms with Crippen LogP contribution < -0.4 is 15.0 Å². The molecule has 0 bridgehead atoms. The second-order valence-electron chi connectivity index (χ2n) is 6.77. The third-order valence-electron chi connectivity index (χ3n) is 4.77. The van der Waals surface area contributed by atoms with Gasteiger partial charge in [0.2, 0.25) is 17.7 Å². The van der Waals surface area contributed by atoms with Crippen molar-refractivity contribution >= 4 is 23.2 Å². The highest BCUT2D eigenvalue weighted by Gasteiger charge is 2.27. The van der Waals surface area contributed by atoms with Crippen molar-refractivity contribution in [2.75, 3.05) is 23.9 Å². The minimum absolute atomic E-state index is 0.0652. The molecule has 0 fully saturated rings. The molecule has 4 rings (SSSR count). The molecule has 29 heavy (non-hydrogen) atoms. The quantitative estimate of drug-likeness (QED) is 0.717. The Morgan fingerprint density at radius 2 is 1.97 bits per heavy atom. The molecule has 8 heteroatoms. The molecule has 1 atom stereocenters. The van der Waals surface area contributed by atoms with Gasteiger partial charge in [0.15, 0.2) is 12.4 Å². The number of ether oxygens (including phenoxy) is 1. The molecule has 1 aliphatic heterocycles. The van der Waals surface area contributed by atoms with Gasteiger partial charge in [-0.25, -0.2) is 0 Å². The number of carbonyl (C=O) groups is 2. The van der Waals surface area contributed by atoms with Gasteiger partial charge in [-0.3, -0.25) is 9.59 Å². The highest BCUT2D eigenvalue weighted by molar-refractivity contribution is 6.01. The predicted octanol–water partition coefficient (Wildman–Crippen LogP) is 2.89. The minimum atomic E-state index is -0.373. The number of amides is 2. The number of nitrogens with zero attached hydrogens (tertiary/aromatic N) is 3. The Kier molecular flexibility index (Phi) is 4.99. The summed E-state index contributed by atoms with van der Waals surface area (Å²) < 4.78 is 11.2. The van der Waals surface area contributed by atoms with Crippen LogP contribution in [-0.4, -0.2) is 35.7 Å². The van der Waals surface area contributed by atoms with Crippen molar-refractivity contribution in [1.29, 1.82) is 0 Å². The van der Waals surface area contributed by atoms with Crippen LogP contribution in [0.25, 0.3) is 0 Å². The summed E-state index contributed by atoms with van der Waals surface area (Å²) in [7, 11) is 1.68. The molecule has 0 saturated heterocycles. The van der Waals surface area contributed by atoms with Gasteiger partial charge < -0.3 is 19.4 Å². The topological polar surface area (TPSA) is 97.6 Å². The van der Waals surface area contributed by atoms with Crippen LogP contribution in [-0.2, 0) is 9.59 Å². The van der Waals surface area contributed by atoms with E-state index in [0.29, 0.717) is 28.9 Å². The number of rotatable bonds is 5. The summed E-state index contributed by atoms with van der Waals surface area (Å²) >= 11 is 0. The zero-order valence-corrected chi connectivity index (χ0v) is 16.1. The average Bonchev–Trinajstić information content (AvgIpc) is 3.16. The van der Waals surface area contributed by atoms with E-state index in [1.807, 2.05) is 30.3 Å². The fourth-order valence-electron chi connectivity index (χ4n) is 3.28. The van der Waals surface area contributed by atoms with Crippen molar-refractivity contribution in [2.24, 2.45) is 0 Å². The van der Waals surface area contributed by atoms with Gasteiger partial charge in [0.05, 0.1) is 17.3 Å². The van der Waals surface area contributed by atoms with Gasteiger partial charge >= 0.3 is 0 Å². The Morgan fingerprint density at radius 3 is 2.69 bits per heavy atom. The second-order valence-corrected chi connectivity index (χ2v) is 6.77. The Balaban J connectivity index is 1.58. The highest BCUT2D eigenvalue weighted by Crippen LogP contribution is 2.38. The maximum absolute atomic E-state index is 12.9. The lowest BCUT2D eigenvalue weighted by atomic mass is 9.95. The maximum Gasteiger partial charge on any atom is 0.264 e. The number of hydrogen-bond donors (Lipinski definition) is 1. The number of para-hydroxylation sites is 1. The van der Waals surface area contributed by atoms with Crippen molar-refractivity contribution in [3.8, 4) is 5.75 Å². The number of fused-ring (bicyclic) bond motifs is 1. The number of nitrogens with one attached hydrogen (secondary N) is 1. The molecular formula is C21H20N4O4. The Hall–Kier alpha value is -3.68. The van der Waals surface area contributed by atoms with E-state index in [2.05, 4.69) is 15.5 Å². The van der Waals surface area contributed by atoms with Crippen molar-refractivity contribution in [1.82, 2.24) is 10.2 Å². The smallest absolute Gasteiger partial charge is 0.264 e. The van der Waals surface area contributed by atoms with Crippen LogP contribution in [0.15, 0.2) is 52.9 Å². The standard InChI is InChI=1S/C21H20N4O4/c1-13-23-24-21(29-13)15(14-7-4-3-5-8-14)11-18(26)22-16-9-6-10-17-20(16)28-12-19(27)25(17)2/h3-10,15H,11-12H2,1-2H3,(H,22,26). The molecule has 148 valence electrons. The summed E-state index contributed by atoms with van der Waals surface area (Å²) in [6.07, 6.45) is 0.115. The van der Waals surface area contributed by atoms with Gasteiger partial charge in [-0.1, -0.05) is 36.4 Å². The van der Waals surface area contributed by atoms with E-state index in [4.69, 9.17) is 9.15 Å². The first kappa shape index (κ1) is 18.7. The average molecular weight is 392 g/mol. The molecule has 0 saturated carbocycles. The van der Waals surface area contributed by atoms with Crippen LogP contribution in [0.3, 0.4) is 0 Å². The minimum Gasteiger partial charge on any atom is -0.479 e. The molecule has 8 nitrogen and oxygen atoms in total. The lowest BCUT2D eigenvalue weighted by Gasteiger charge is -2.27. The first-order chi connectivity index (χ1) is 14.0. The molecular weight excluding hydrogens is 372 g/mol. The number of aryl methyl sites for hydroxylation is 1. The predicted molar refractivity (Wildman–Crippen MR) is 106 cm³/mol. The van der Waals surface area contributed by atoms with E-state index >= 15 is 0 Å². The van der Waals surface area contributed by atoms with E-state index in [-0.39, 0.29) is 30.8 Å². The van der Waals surface area contributed by atoms with Gasteiger partial charge in [0.1, 0.15) is 0 Å². The molecule has 3 aromatic rings. The molecule has 2 heterocycles. The van der Waals surface area contributed by atoms with Gasteiger partial charge in [0.25, 0.3) is 5.91 Å². The Bertz CT molecular complexity index is 1050. The third-order valence-corrected chi connectivity index (χ3v) is 4.77. The highest BCUT2D eigenvalue weighted by atomic mass is 16.5. The van der Waals surface area contributed by atoms with Gasteiger partial charge in [-0.05, 0) is 17.7 Å². The van der Waals surface area contributed by atoms with Gasteiger partial charge in [0, 0.05) is 20.4 Å². The largest absolute Gasteiger partial charge is 0.479 e. The molecule has 1 unspecified atom stereocenters. The van der Waals surface area contributed by atoms with E-state index in [9.17, 15) is 9.59 Å². The molecule has 2 amide bonds. The van der Waals surface area contributed by atoms with E-state index in [1.165, 1.54) is 4.90 Å². The zero-order chi connectivity index (χ0) is 20.4. The van der Waals surface area contributed by atoms with Crippen LogP contribution in [0.2, 0.25) is 0 Å².